The Hall–Kier alpha value is -3.81. The molecule has 3 aromatic carbocycles. The number of rotatable bonds is 11. The third-order valence-electron chi connectivity index (χ3n) is 8.14. The number of alkyl halides is 3. The maximum absolute atomic E-state index is 13.0. The van der Waals surface area contributed by atoms with Crippen molar-refractivity contribution in [3.63, 3.8) is 0 Å². The SMILES string of the molecule is CC(C)(C)c1cc(C(C)(C)C)c(-c2ccc(OC(CCCC(F)(F)F)c3ccc(C(=O)NCCC(=O)O)cc3)cc2)c(C(C)(C)C)c1. The average Bonchev–Trinajstić information content (AvgIpc) is 2.94. The predicted octanol–water partition coefficient (Wildman–Crippen LogP) is 10.3. The lowest BCUT2D eigenvalue weighted by molar-refractivity contribution is -0.137. The molecule has 3 rings (SSSR count). The fourth-order valence-corrected chi connectivity index (χ4v) is 5.45. The maximum atomic E-state index is 13.0. The van der Waals surface area contributed by atoms with Crippen molar-refractivity contribution in [1.82, 2.24) is 5.32 Å². The molecule has 8 heteroatoms. The van der Waals surface area contributed by atoms with Crippen LogP contribution in [-0.4, -0.2) is 29.7 Å². The zero-order valence-electron chi connectivity index (χ0n) is 29.2. The van der Waals surface area contributed by atoms with E-state index in [0.717, 1.165) is 5.56 Å². The molecule has 0 aliphatic rings. The molecule has 1 atom stereocenters. The van der Waals surface area contributed by atoms with Crippen molar-refractivity contribution < 1.29 is 32.6 Å². The zero-order valence-corrected chi connectivity index (χ0v) is 29.2. The second kappa shape index (κ2) is 14.5. The normalized spacial score (nSPS) is 13.3. The number of hydrogen-bond acceptors (Lipinski definition) is 3. The van der Waals surface area contributed by atoms with Crippen molar-refractivity contribution in [2.75, 3.05) is 6.54 Å². The van der Waals surface area contributed by atoms with Crippen molar-refractivity contribution in [2.24, 2.45) is 0 Å². The van der Waals surface area contributed by atoms with E-state index < -0.39 is 30.6 Å². The molecule has 1 unspecified atom stereocenters. The highest BCUT2D eigenvalue weighted by Crippen LogP contribution is 2.44. The first-order valence-corrected chi connectivity index (χ1v) is 16.2. The fraction of sp³-hybridized carbons (Fsp3) is 0.487. The Bertz CT molecular complexity index is 1490. The first-order chi connectivity index (χ1) is 21.6. The van der Waals surface area contributed by atoms with Crippen LogP contribution >= 0.6 is 0 Å². The van der Waals surface area contributed by atoms with E-state index in [1.54, 1.807) is 24.3 Å². The molecule has 0 heterocycles. The minimum absolute atomic E-state index is 0.00961. The number of amides is 1. The highest BCUT2D eigenvalue weighted by molar-refractivity contribution is 5.94. The number of carboxylic acids is 1. The van der Waals surface area contributed by atoms with Crippen LogP contribution in [0.1, 0.15) is 127 Å². The summed E-state index contributed by atoms with van der Waals surface area (Å²) in [4.78, 5) is 23.2. The molecule has 0 fully saturated rings. The van der Waals surface area contributed by atoms with Gasteiger partial charge >= 0.3 is 12.1 Å². The van der Waals surface area contributed by atoms with Crippen LogP contribution < -0.4 is 10.1 Å². The van der Waals surface area contributed by atoms with Gasteiger partial charge in [-0.3, -0.25) is 9.59 Å². The largest absolute Gasteiger partial charge is 0.486 e. The summed E-state index contributed by atoms with van der Waals surface area (Å²) >= 11 is 0. The van der Waals surface area contributed by atoms with Gasteiger partial charge in [0.25, 0.3) is 5.91 Å². The first-order valence-electron chi connectivity index (χ1n) is 16.2. The predicted molar refractivity (Wildman–Crippen MR) is 182 cm³/mol. The summed E-state index contributed by atoms with van der Waals surface area (Å²) < 4.78 is 45.4. The second-order valence-electron chi connectivity index (χ2n) is 15.4. The lowest BCUT2D eigenvalue weighted by Crippen LogP contribution is -2.26. The Morgan fingerprint density at radius 2 is 1.32 bits per heavy atom. The van der Waals surface area contributed by atoms with Crippen molar-refractivity contribution in [3.05, 3.63) is 88.5 Å². The van der Waals surface area contributed by atoms with E-state index in [2.05, 4.69) is 79.8 Å². The van der Waals surface area contributed by atoms with Gasteiger partial charge in [-0.05, 0) is 86.7 Å². The molecule has 2 N–H and O–H groups in total. The molecule has 0 spiro atoms. The minimum atomic E-state index is -4.28. The molecular weight excluding hydrogens is 603 g/mol. The summed E-state index contributed by atoms with van der Waals surface area (Å²) in [6.45, 7) is 20.0. The number of carbonyl (C=O) groups is 2. The zero-order chi connectivity index (χ0) is 35.4. The Labute approximate surface area is 277 Å². The fourth-order valence-electron chi connectivity index (χ4n) is 5.45. The van der Waals surface area contributed by atoms with Gasteiger partial charge in [0, 0.05) is 18.5 Å². The summed E-state index contributed by atoms with van der Waals surface area (Å²) in [5.41, 5.74) is 6.68. The minimum Gasteiger partial charge on any atom is -0.486 e. The van der Waals surface area contributed by atoms with Crippen LogP contribution in [-0.2, 0) is 21.0 Å². The molecule has 0 aliphatic heterocycles. The smallest absolute Gasteiger partial charge is 0.389 e. The molecule has 5 nitrogen and oxygen atoms in total. The lowest BCUT2D eigenvalue weighted by Gasteiger charge is -2.34. The number of carboxylic acid groups (broad SMARTS) is 1. The third-order valence-corrected chi connectivity index (χ3v) is 8.14. The Kier molecular flexibility index (Phi) is 11.6. The van der Waals surface area contributed by atoms with Gasteiger partial charge in [0.15, 0.2) is 0 Å². The van der Waals surface area contributed by atoms with Crippen molar-refractivity contribution >= 4 is 11.9 Å². The van der Waals surface area contributed by atoms with Gasteiger partial charge < -0.3 is 15.2 Å². The Morgan fingerprint density at radius 1 is 0.787 bits per heavy atom. The van der Waals surface area contributed by atoms with Gasteiger partial charge in [-0.15, -0.1) is 0 Å². The molecule has 0 radical (unpaired) electrons. The second-order valence-corrected chi connectivity index (χ2v) is 15.4. The van der Waals surface area contributed by atoms with Crippen molar-refractivity contribution in [3.8, 4) is 16.9 Å². The van der Waals surface area contributed by atoms with Gasteiger partial charge in [0.05, 0.1) is 6.42 Å². The standard InChI is InChI=1S/C39H50F3NO4/c1-36(2,3)28-23-30(37(4,5)6)34(31(24-28)38(7,8)9)26-16-18-29(19-17-26)47-32(11-10-21-39(40,41)42)25-12-14-27(15-13-25)35(46)43-22-20-33(44)45/h12-19,23-24,32H,10-11,20-22H2,1-9H3,(H,43,46)(H,44,45). The topological polar surface area (TPSA) is 75.6 Å². The van der Waals surface area contributed by atoms with Gasteiger partial charge in [-0.25, -0.2) is 0 Å². The quantitative estimate of drug-likeness (QED) is 0.216. The molecular formula is C39H50F3NO4. The van der Waals surface area contributed by atoms with E-state index >= 15 is 0 Å². The van der Waals surface area contributed by atoms with Crippen molar-refractivity contribution in [2.45, 2.75) is 117 Å². The Morgan fingerprint density at radius 3 is 1.77 bits per heavy atom. The van der Waals surface area contributed by atoms with E-state index in [0.29, 0.717) is 16.9 Å². The summed E-state index contributed by atoms with van der Waals surface area (Å²) in [6, 6.07) is 18.9. The average molecular weight is 654 g/mol. The molecule has 256 valence electrons. The third kappa shape index (κ3) is 10.9. The number of aliphatic carboxylic acids is 1. The number of carbonyl (C=O) groups excluding carboxylic acids is 1. The molecule has 0 saturated heterocycles. The van der Waals surface area contributed by atoms with Crippen LogP contribution in [0, 0.1) is 0 Å². The summed E-state index contributed by atoms with van der Waals surface area (Å²) in [6.07, 6.45) is -6.06. The summed E-state index contributed by atoms with van der Waals surface area (Å²) in [5.74, 6) is -0.917. The molecule has 0 bridgehead atoms. The van der Waals surface area contributed by atoms with Crippen molar-refractivity contribution in [1.29, 1.82) is 0 Å². The molecule has 47 heavy (non-hydrogen) atoms. The van der Waals surface area contributed by atoms with E-state index in [1.807, 2.05) is 24.3 Å². The highest BCUT2D eigenvalue weighted by Gasteiger charge is 2.30. The van der Waals surface area contributed by atoms with Gasteiger partial charge in [-0.1, -0.05) is 98.7 Å². The lowest BCUT2D eigenvalue weighted by atomic mass is 9.71. The van der Waals surface area contributed by atoms with Gasteiger partial charge in [-0.2, -0.15) is 13.2 Å². The van der Waals surface area contributed by atoms with Crippen LogP contribution in [0.4, 0.5) is 13.2 Å². The Balaban J connectivity index is 1.97. The van der Waals surface area contributed by atoms with E-state index in [-0.39, 0.29) is 42.1 Å². The first kappa shape index (κ1) is 37.6. The van der Waals surface area contributed by atoms with E-state index in [4.69, 9.17) is 9.84 Å². The van der Waals surface area contributed by atoms with E-state index in [9.17, 15) is 22.8 Å². The van der Waals surface area contributed by atoms with Crippen LogP contribution in [0.5, 0.6) is 5.75 Å². The number of nitrogens with one attached hydrogen (secondary N) is 1. The van der Waals surface area contributed by atoms with Crippen LogP contribution in [0.3, 0.4) is 0 Å². The molecule has 0 saturated carbocycles. The van der Waals surface area contributed by atoms with Gasteiger partial charge in [0.1, 0.15) is 11.9 Å². The highest BCUT2D eigenvalue weighted by atomic mass is 19.4. The molecule has 1 amide bonds. The maximum Gasteiger partial charge on any atom is 0.389 e. The number of hydrogen-bond donors (Lipinski definition) is 2. The van der Waals surface area contributed by atoms with Crippen LogP contribution in [0.15, 0.2) is 60.7 Å². The number of ether oxygens (including phenoxy) is 1. The van der Waals surface area contributed by atoms with Gasteiger partial charge in [0.2, 0.25) is 0 Å². The summed E-state index contributed by atoms with van der Waals surface area (Å²) in [5, 5.41) is 11.3. The van der Waals surface area contributed by atoms with Crippen LogP contribution in [0.2, 0.25) is 0 Å². The molecule has 3 aromatic rings. The summed E-state index contributed by atoms with van der Waals surface area (Å²) in [7, 11) is 0. The number of benzene rings is 3. The van der Waals surface area contributed by atoms with E-state index in [1.165, 1.54) is 22.3 Å². The number of halogens is 3. The monoisotopic (exact) mass is 653 g/mol. The molecule has 0 aliphatic carbocycles. The molecule has 0 aromatic heterocycles. The van der Waals surface area contributed by atoms with Crippen LogP contribution in [0.25, 0.3) is 11.1 Å².